The van der Waals surface area contributed by atoms with Crippen LogP contribution in [0.2, 0.25) is 0 Å². The molecule has 0 saturated carbocycles. The Labute approximate surface area is 170 Å². The van der Waals surface area contributed by atoms with Crippen molar-refractivity contribution in [2.45, 2.75) is 6.92 Å². The second-order valence-electron chi connectivity index (χ2n) is 6.24. The average Bonchev–Trinajstić information content (AvgIpc) is 2.72. The van der Waals surface area contributed by atoms with Crippen LogP contribution in [0, 0.1) is 11.3 Å². The van der Waals surface area contributed by atoms with Crippen LogP contribution in [0.1, 0.15) is 22.8 Å². The van der Waals surface area contributed by atoms with Crippen LogP contribution in [-0.2, 0) is 4.79 Å². The number of anilines is 1. The van der Waals surface area contributed by atoms with Gasteiger partial charge in [-0.1, -0.05) is 6.07 Å². The van der Waals surface area contributed by atoms with Crippen LogP contribution in [-0.4, -0.2) is 44.5 Å². The van der Waals surface area contributed by atoms with Gasteiger partial charge in [-0.15, -0.1) is 0 Å². The number of methoxy groups -OCH3 is 1. The summed E-state index contributed by atoms with van der Waals surface area (Å²) in [6, 6.07) is 13.5. The van der Waals surface area contributed by atoms with Crippen molar-refractivity contribution in [3.05, 3.63) is 59.2 Å². The van der Waals surface area contributed by atoms with Gasteiger partial charge in [0.25, 0.3) is 11.8 Å². The first kappa shape index (κ1) is 21.5. The normalized spacial score (nSPS) is 10.7. The number of hydrogen-bond donors (Lipinski definition) is 1. The minimum absolute atomic E-state index is 0.0638. The number of rotatable bonds is 7. The Balaban J connectivity index is 2.19. The summed E-state index contributed by atoms with van der Waals surface area (Å²) in [7, 11) is 4.87. The lowest BCUT2D eigenvalue weighted by atomic mass is 10.1. The van der Waals surface area contributed by atoms with Crippen molar-refractivity contribution in [2.75, 3.05) is 33.1 Å². The molecule has 0 aliphatic rings. The summed E-state index contributed by atoms with van der Waals surface area (Å²) in [4.78, 5) is 25.9. The second-order valence-corrected chi connectivity index (χ2v) is 6.24. The molecule has 0 aliphatic carbocycles. The minimum atomic E-state index is -0.548. The first-order valence-electron chi connectivity index (χ1n) is 8.95. The zero-order valence-electron chi connectivity index (χ0n) is 16.9. The zero-order chi connectivity index (χ0) is 21.4. The van der Waals surface area contributed by atoms with E-state index in [1.54, 1.807) is 63.7 Å². The van der Waals surface area contributed by atoms with E-state index in [4.69, 9.17) is 9.47 Å². The average molecular weight is 393 g/mol. The van der Waals surface area contributed by atoms with Crippen molar-refractivity contribution < 1.29 is 19.1 Å². The van der Waals surface area contributed by atoms with Gasteiger partial charge in [0.05, 0.1) is 13.7 Å². The van der Waals surface area contributed by atoms with E-state index < -0.39 is 5.91 Å². The molecule has 29 heavy (non-hydrogen) atoms. The van der Waals surface area contributed by atoms with Gasteiger partial charge in [-0.3, -0.25) is 9.59 Å². The Kier molecular flexibility index (Phi) is 7.38. The predicted molar refractivity (Wildman–Crippen MR) is 111 cm³/mol. The smallest absolute Gasteiger partial charge is 0.266 e. The summed E-state index contributed by atoms with van der Waals surface area (Å²) in [6.45, 7) is 2.31. The number of carbonyl (C=O) groups excluding carboxylic acids is 2. The molecule has 7 nitrogen and oxygen atoms in total. The number of nitriles is 1. The summed E-state index contributed by atoms with van der Waals surface area (Å²) in [5.41, 5.74) is 1.56. The molecule has 2 aromatic rings. The van der Waals surface area contributed by atoms with Crippen molar-refractivity contribution >= 4 is 23.6 Å². The zero-order valence-corrected chi connectivity index (χ0v) is 16.9. The summed E-state index contributed by atoms with van der Waals surface area (Å²) >= 11 is 0. The SMILES string of the molecule is CCOc1cc(/C=C(\C#N)C(=O)Nc2ccc(C(=O)N(C)C)cc2)ccc1OC. The predicted octanol–water partition coefficient (Wildman–Crippen LogP) is 3.34. The Bertz CT molecular complexity index is 957. The maximum absolute atomic E-state index is 12.5. The molecule has 0 unspecified atom stereocenters. The standard InChI is InChI=1S/C22H23N3O4/c1-5-29-20-13-15(6-11-19(20)28-4)12-17(14-23)21(26)24-18-9-7-16(8-10-18)22(27)25(2)3/h6-13H,5H2,1-4H3,(H,24,26)/b17-12+. The summed E-state index contributed by atoms with van der Waals surface area (Å²) < 4.78 is 10.8. The maximum atomic E-state index is 12.5. The minimum Gasteiger partial charge on any atom is -0.493 e. The Morgan fingerprint density at radius 3 is 2.38 bits per heavy atom. The fourth-order valence-electron chi connectivity index (χ4n) is 2.52. The topological polar surface area (TPSA) is 91.7 Å². The number of amides is 2. The lowest BCUT2D eigenvalue weighted by molar-refractivity contribution is -0.112. The van der Waals surface area contributed by atoms with Crippen molar-refractivity contribution in [2.24, 2.45) is 0 Å². The Morgan fingerprint density at radius 2 is 1.83 bits per heavy atom. The number of nitrogens with one attached hydrogen (secondary N) is 1. The molecule has 0 aliphatic heterocycles. The number of hydrogen-bond acceptors (Lipinski definition) is 5. The van der Waals surface area contributed by atoms with E-state index in [0.29, 0.717) is 34.9 Å². The van der Waals surface area contributed by atoms with E-state index >= 15 is 0 Å². The number of nitrogens with zero attached hydrogens (tertiary/aromatic N) is 2. The number of ether oxygens (including phenoxy) is 2. The van der Waals surface area contributed by atoms with Crippen LogP contribution in [0.3, 0.4) is 0 Å². The van der Waals surface area contributed by atoms with Crippen LogP contribution >= 0.6 is 0 Å². The van der Waals surface area contributed by atoms with E-state index in [1.165, 1.54) is 11.0 Å². The van der Waals surface area contributed by atoms with Gasteiger partial charge < -0.3 is 19.7 Å². The lowest BCUT2D eigenvalue weighted by Gasteiger charge is -2.11. The van der Waals surface area contributed by atoms with Gasteiger partial charge in [0.2, 0.25) is 0 Å². The highest BCUT2D eigenvalue weighted by molar-refractivity contribution is 6.09. The molecular formula is C22H23N3O4. The van der Waals surface area contributed by atoms with Crippen molar-refractivity contribution in [1.82, 2.24) is 4.90 Å². The number of carbonyl (C=O) groups is 2. The second kappa shape index (κ2) is 9.95. The molecule has 0 fully saturated rings. The van der Waals surface area contributed by atoms with Gasteiger partial charge in [0.1, 0.15) is 11.6 Å². The monoisotopic (exact) mass is 393 g/mol. The summed E-state index contributed by atoms with van der Waals surface area (Å²) in [5, 5.41) is 12.1. The van der Waals surface area contributed by atoms with Gasteiger partial charge in [-0.2, -0.15) is 5.26 Å². The van der Waals surface area contributed by atoms with Crippen LogP contribution in [0.4, 0.5) is 5.69 Å². The Morgan fingerprint density at radius 1 is 1.14 bits per heavy atom. The number of benzene rings is 2. The first-order valence-corrected chi connectivity index (χ1v) is 8.95. The molecule has 0 bridgehead atoms. The third kappa shape index (κ3) is 5.59. The van der Waals surface area contributed by atoms with Crippen LogP contribution in [0.15, 0.2) is 48.0 Å². The summed E-state index contributed by atoms with van der Waals surface area (Å²) in [5.74, 6) is 0.417. The van der Waals surface area contributed by atoms with Gasteiger partial charge in [0, 0.05) is 25.3 Å². The lowest BCUT2D eigenvalue weighted by Crippen LogP contribution is -2.21. The third-order valence-corrected chi connectivity index (χ3v) is 3.96. The van der Waals surface area contributed by atoms with Crippen LogP contribution < -0.4 is 14.8 Å². The van der Waals surface area contributed by atoms with Gasteiger partial charge >= 0.3 is 0 Å². The van der Waals surface area contributed by atoms with Crippen LogP contribution in [0.5, 0.6) is 11.5 Å². The van der Waals surface area contributed by atoms with E-state index in [0.717, 1.165) is 0 Å². The highest BCUT2D eigenvalue weighted by atomic mass is 16.5. The quantitative estimate of drug-likeness (QED) is 0.575. The fraction of sp³-hybridized carbons (Fsp3) is 0.227. The molecular weight excluding hydrogens is 370 g/mol. The van der Waals surface area contributed by atoms with Crippen LogP contribution in [0.25, 0.3) is 6.08 Å². The highest BCUT2D eigenvalue weighted by Crippen LogP contribution is 2.29. The largest absolute Gasteiger partial charge is 0.493 e. The maximum Gasteiger partial charge on any atom is 0.266 e. The van der Waals surface area contributed by atoms with Gasteiger partial charge in [-0.25, -0.2) is 0 Å². The molecule has 0 aromatic heterocycles. The van der Waals surface area contributed by atoms with Crippen molar-refractivity contribution in [1.29, 1.82) is 5.26 Å². The van der Waals surface area contributed by atoms with E-state index in [1.807, 2.05) is 13.0 Å². The van der Waals surface area contributed by atoms with E-state index in [9.17, 15) is 14.9 Å². The molecule has 1 N–H and O–H groups in total. The molecule has 0 saturated heterocycles. The van der Waals surface area contributed by atoms with E-state index in [-0.39, 0.29) is 11.5 Å². The molecule has 2 amide bonds. The molecule has 0 spiro atoms. The molecule has 150 valence electrons. The molecule has 7 heteroatoms. The third-order valence-electron chi connectivity index (χ3n) is 3.96. The van der Waals surface area contributed by atoms with E-state index in [2.05, 4.69) is 5.32 Å². The van der Waals surface area contributed by atoms with Gasteiger partial charge in [0.15, 0.2) is 11.5 Å². The van der Waals surface area contributed by atoms with Crippen molar-refractivity contribution in [3.8, 4) is 17.6 Å². The fourth-order valence-corrected chi connectivity index (χ4v) is 2.52. The highest BCUT2D eigenvalue weighted by Gasteiger charge is 2.12. The van der Waals surface area contributed by atoms with Gasteiger partial charge in [-0.05, 0) is 55.0 Å². The molecule has 0 radical (unpaired) electrons. The summed E-state index contributed by atoms with van der Waals surface area (Å²) in [6.07, 6.45) is 1.47. The molecule has 0 heterocycles. The molecule has 2 aromatic carbocycles. The molecule has 2 rings (SSSR count). The Hall–Kier alpha value is -3.79. The first-order chi connectivity index (χ1) is 13.9. The molecule has 0 atom stereocenters. The van der Waals surface area contributed by atoms with Crippen molar-refractivity contribution in [3.63, 3.8) is 0 Å².